The van der Waals surface area contributed by atoms with Crippen LogP contribution in [0.5, 0.6) is 5.75 Å². The van der Waals surface area contributed by atoms with Gasteiger partial charge in [-0.1, -0.05) is 39.0 Å². The first kappa shape index (κ1) is 15.4. The molecule has 0 atom stereocenters. The van der Waals surface area contributed by atoms with Gasteiger partial charge in [0.05, 0.1) is 12.2 Å². The molecular formula is C18H28O2. The molecule has 2 nitrogen and oxygen atoms in total. The smallest absolute Gasteiger partial charge is 0.125 e. The summed E-state index contributed by atoms with van der Waals surface area (Å²) >= 11 is 0. The molecule has 0 bridgehead atoms. The fourth-order valence-electron chi connectivity index (χ4n) is 3.36. The van der Waals surface area contributed by atoms with Gasteiger partial charge in [0, 0.05) is 5.56 Å². The van der Waals surface area contributed by atoms with Gasteiger partial charge in [-0.05, 0) is 50.0 Å². The van der Waals surface area contributed by atoms with E-state index in [-0.39, 0.29) is 0 Å². The zero-order valence-electron chi connectivity index (χ0n) is 13.3. The van der Waals surface area contributed by atoms with Crippen LogP contribution in [0.1, 0.15) is 58.9 Å². The Morgan fingerprint density at radius 1 is 1.20 bits per heavy atom. The number of para-hydroxylation sites is 1. The summed E-state index contributed by atoms with van der Waals surface area (Å²) in [5.74, 6) is 1.54. The maximum atomic E-state index is 11.1. The Balaban J connectivity index is 2.18. The van der Waals surface area contributed by atoms with Gasteiger partial charge >= 0.3 is 0 Å². The van der Waals surface area contributed by atoms with Crippen LogP contribution >= 0.6 is 0 Å². The number of rotatable bonds is 3. The van der Waals surface area contributed by atoms with E-state index in [9.17, 15) is 5.11 Å². The van der Waals surface area contributed by atoms with Gasteiger partial charge in [-0.2, -0.15) is 0 Å². The molecule has 1 fully saturated rings. The molecule has 1 N–H and O–H groups in total. The predicted octanol–water partition coefficient (Wildman–Crippen LogP) is 4.51. The summed E-state index contributed by atoms with van der Waals surface area (Å²) in [5.41, 5.74) is 0.586. The molecular weight excluding hydrogens is 248 g/mol. The van der Waals surface area contributed by atoms with Gasteiger partial charge in [0.15, 0.2) is 0 Å². The lowest BCUT2D eigenvalue weighted by atomic mass is 9.67. The van der Waals surface area contributed by atoms with Crippen molar-refractivity contribution in [3.63, 3.8) is 0 Å². The Bertz CT molecular complexity index is 437. The van der Waals surface area contributed by atoms with E-state index >= 15 is 0 Å². The largest absolute Gasteiger partial charge is 0.493 e. The van der Waals surface area contributed by atoms with Crippen LogP contribution in [0.4, 0.5) is 0 Å². The van der Waals surface area contributed by atoms with Crippen molar-refractivity contribution in [1.82, 2.24) is 0 Å². The van der Waals surface area contributed by atoms with Crippen LogP contribution in [-0.4, -0.2) is 11.7 Å². The molecule has 112 valence electrons. The third kappa shape index (κ3) is 3.17. The van der Waals surface area contributed by atoms with Crippen molar-refractivity contribution >= 4 is 0 Å². The Hall–Kier alpha value is -1.02. The lowest BCUT2D eigenvalue weighted by Gasteiger charge is -2.42. The van der Waals surface area contributed by atoms with Gasteiger partial charge in [0.1, 0.15) is 5.75 Å². The molecule has 1 aromatic carbocycles. The van der Waals surface area contributed by atoms with Crippen LogP contribution in [0, 0.1) is 11.3 Å². The highest BCUT2D eigenvalue weighted by atomic mass is 16.5. The minimum Gasteiger partial charge on any atom is -0.493 e. The number of aliphatic hydroxyl groups is 1. The molecule has 2 rings (SSSR count). The van der Waals surface area contributed by atoms with Crippen molar-refractivity contribution < 1.29 is 9.84 Å². The monoisotopic (exact) mass is 276 g/mol. The lowest BCUT2D eigenvalue weighted by molar-refractivity contribution is -0.0315. The van der Waals surface area contributed by atoms with Gasteiger partial charge in [-0.15, -0.1) is 0 Å². The highest BCUT2D eigenvalue weighted by Crippen LogP contribution is 2.47. The highest BCUT2D eigenvalue weighted by Gasteiger charge is 2.39. The molecule has 2 heteroatoms. The first-order valence-electron chi connectivity index (χ1n) is 7.81. The predicted molar refractivity (Wildman–Crippen MR) is 82.9 cm³/mol. The van der Waals surface area contributed by atoms with Gasteiger partial charge in [0.2, 0.25) is 0 Å². The normalized spacial score (nSPS) is 27.4. The SMILES string of the molecule is CCOc1ccccc1C1(O)CCC(C(C)(C)C)CC1. The van der Waals surface area contributed by atoms with E-state index in [2.05, 4.69) is 20.8 Å². The molecule has 1 aromatic rings. The van der Waals surface area contributed by atoms with Crippen LogP contribution in [0.25, 0.3) is 0 Å². The van der Waals surface area contributed by atoms with Crippen molar-refractivity contribution in [3.05, 3.63) is 29.8 Å². The van der Waals surface area contributed by atoms with E-state index in [1.807, 2.05) is 31.2 Å². The Labute approximate surface area is 123 Å². The minimum absolute atomic E-state index is 0.334. The first-order chi connectivity index (χ1) is 9.37. The van der Waals surface area contributed by atoms with Crippen LogP contribution < -0.4 is 4.74 Å². The highest BCUT2D eigenvalue weighted by molar-refractivity contribution is 5.38. The topological polar surface area (TPSA) is 29.5 Å². The van der Waals surface area contributed by atoms with Gasteiger partial charge in [-0.3, -0.25) is 0 Å². The lowest BCUT2D eigenvalue weighted by Crippen LogP contribution is -2.35. The summed E-state index contributed by atoms with van der Waals surface area (Å²) in [5, 5.41) is 11.1. The summed E-state index contributed by atoms with van der Waals surface area (Å²) in [6.45, 7) is 9.53. The molecule has 0 aromatic heterocycles. The van der Waals surface area contributed by atoms with E-state index in [0.717, 1.165) is 37.0 Å². The second-order valence-electron chi connectivity index (χ2n) is 7.10. The van der Waals surface area contributed by atoms with E-state index in [4.69, 9.17) is 4.74 Å². The maximum absolute atomic E-state index is 11.1. The van der Waals surface area contributed by atoms with Crippen molar-refractivity contribution in [2.75, 3.05) is 6.61 Å². The van der Waals surface area contributed by atoms with Crippen LogP contribution in [0.3, 0.4) is 0 Å². The number of hydrogen-bond acceptors (Lipinski definition) is 2. The molecule has 0 heterocycles. The Morgan fingerprint density at radius 2 is 1.80 bits per heavy atom. The van der Waals surface area contributed by atoms with Crippen molar-refractivity contribution in [2.24, 2.45) is 11.3 Å². The third-order valence-electron chi connectivity index (χ3n) is 4.73. The van der Waals surface area contributed by atoms with Crippen molar-refractivity contribution in [3.8, 4) is 5.75 Å². The summed E-state index contributed by atoms with van der Waals surface area (Å²) in [6, 6.07) is 7.94. The standard InChI is InChI=1S/C18H28O2/c1-5-20-16-9-7-6-8-15(16)18(19)12-10-14(11-13-18)17(2,3)4/h6-9,14,19H,5,10-13H2,1-4H3. The molecule has 1 saturated carbocycles. The van der Waals surface area contributed by atoms with Gasteiger partial charge < -0.3 is 9.84 Å². The zero-order valence-corrected chi connectivity index (χ0v) is 13.3. The fourth-order valence-corrected chi connectivity index (χ4v) is 3.36. The summed E-state index contributed by atoms with van der Waals surface area (Å²) < 4.78 is 5.69. The molecule has 20 heavy (non-hydrogen) atoms. The molecule has 0 saturated heterocycles. The van der Waals surface area contributed by atoms with Gasteiger partial charge in [0.25, 0.3) is 0 Å². The summed E-state index contributed by atoms with van der Waals surface area (Å²) in [6.07, 6.45) is 3.83. The minimum atomic E-state index is -0.715. The van der Waals surface area contributed by atoms with Crippen molar-refractivity contribution in [1.29, 1.82) is 0 Å². The molecule has 1 aliphatic carbocycles. The van der Waals surface area contributed by atoms with E-state index in [0.29, 0.717) is 17.9 Å². The summed E-state index contributed by atoms with van der Waals surface area (Å²) in [4.78, 5) is 0. The molecule has 0 aliphatic heterocycles. The molecule has 0 spiro atoms. The van der Waals surface area contributed by atoms with Crippen LogP contribution in [0.2, 0.25) is 0 Å². The molecule has 0 radical (unpaired) electrons. The van der Waals surface area contributed by atoms with Gasteiger partial charge in [-0.25, -0.2) is 0 Å². The third-order valence-corrected chi connectivity index (χ3v) is 4.73. The quantitative estimate of drug-likeness (QED) is 0.880. The summed E-state index contributed by atoms with van der Waals surface area (Å²) in [7, 11) is 0. The van der Waals surface area contributed by atoms with E-state index in [1.54, 1.807) is 0 Å². The Kier molecular flexibility index (Phi) is 4.43. The average Bonchev–Trinajstić information content (AvgIpc) is 2.39. The van der Waals surface area contributed by atoms with Crippen LogP contribution in [-0.2, 0) is 5.60 Å². The number of ether oxygens (including phenoxy) is 1. The molecule has 0 unspecified atom stereocenters. The average molecular weight is 276 g/mol. The molecule has 1 aliphatic rings. The fraction of sp³-hybridized carbons (Fsp3) is 0.667. The number of hydrogen-bond donors (Lipinski definition) is 1. The number of benzene rings is 1. The van der Waals surface area contributed by atoms with Crippen LogP contribution in [0.15, 0.2) is 24.3 Å². The second kappa shape index (κ2) is 5.77. The van der Waals surface area contributed by atoms with E-state index in [1.165, 1.54) is 0 Å². The van der Waals surface area contributed by atoms with Crippen molar-refractivity contribution in [2.45, 2.75) is 59.0 Å². The maximum Gasteiger partial charge on any atom is 0.125 e. The zero-order chi connectivity index (χ0) is 14.8. The second-order valence-corrected chi connectivity index (χ2v) is 7.10. The van der Waals surface area contributed by atoms with E-state index < -0.39 is 5.60 Å². The molecule has 0 amide bonds. The Morgan fingerprint density at radius 3 is 2.35 bits per heavy atom. The first-order valence-corrected chi connectivity index (χ1v) is 7.81.